The third kappa shape index (κ3) is 0.853. The molecule has 0 bridgehead atoms. The van der Waals surface area contributed by atoms with E-state index in [2.05, 4.69) is 9.97 Å². The monoisotopic (exact) mass is 173 g/mol. The van der Waals surface area contributed by atoms with Crippen LogP contribution in [0, 0.1) is 0 Å². The highest BCUT2D eigenvalue weighted by Gasteiger charge is 2.01. The largest absolute Gasteiger partial charge is 0.495 e. The average Bonchev–Trinajstić information content (AvgIpc) is 2.56. The summed E-state index contributed by atoms with van der Waals surface area (Å²) < 4.78 is 7.16. The Morgan fingerprint density at radius 3 is 3.46 bits per heavy atom. The first kappa shape index (κ1) is 6.65. The Morgan fingerprint density at radius 1 is 1.46 bits per heavy atom. The van der Waals surface area contributed by atoms with E-state index in [0.29, 0.717) is 6.61 Å². The summed E-state index contributed by atoms with van der Waals surface area (Å²) in [4.78, 5) is 8.39. The lowest BCUT2D eigenvalue weighted by Gasteiger charge is -1.97. The molecule has 3 heterocycles. The highest BCUT2D eigenvalue weighted by Crippen LogP contribution is 1.90. The van der Waals surface area contributed by atoms with Gasteiger partial charge in [-0.05, 0) is 6.08 Å². The molecule has 4 nitrogen and oxygen atoms in total. The van der Waals surface area contributed by atoms with Crippen molar-refractivity contribution in [3.8, 4) is 0 Å². The lowest BCUT2D eigenvalue weighted by molar-refractivity contribution is 0.344. The van der Waals surface area contributed by atoms with Gasteiger partial charge in [0, 0.05) is 12.4 Å². The molecule has 0 spiro atoms. The molecule has 0 aliphatic carbocycles. The molecule has 0 saturated carbocycles. The van der Waals surface area contributed by atoms with E-state index < -0.39 is 0 Å². The minimum absolute atomic E-state index is 0.601. The van der Waals surface area contributed by atoms with Crippen LogP contribution in [0.4, 0.5) is 0 Å². The van der Waals surface area contributed by atoms with Gasteiger partial charge in [0.25, 0.3) is 0 Å². The molecule has 1 aliphatic heterocycles. The van der Waals surface area contributed by atoms with Crippen molar-refractivity contribution >= 4 is 18.0 Å². The van der Waals surface area contributed by atoms with Crippen LogP contribution in [0.15, 0.2) is 18.6 Å². The quantitative estimate of drug-likeness (QED) is 0.527. The van der Waals surface area contributed by atoms with Crippen molar-refractivity contribution in [2.45, 2.75) is 0 Å². The highest BCUT2D eigenvalue weighted by molar-refractivity contribution is 5.40. The van der Waals surface area contributed by atoms with E-state index in [9.17, 15) is 0 Å². The lowest BCUT2D eigenvalue weighted by Crippen LogP contribution is -2.30. The fourth-order valence-corrected chi connectivity index (χ4v) is 1.47. The van der Waals surface area contributed by atoms with E-state index in [4.69, 9.17) is 4.74 Å². The summed E-state index contributed by atoms with van der Waals surface area (Å²) in [6, 6.07) is 0. The fraction of sp³-hybridized carbons (Fsp3) is 0.111. The minimum atomic E-state index is 0.601. The Hall–Kier alpha value is -1.84. The molecule has 64 valence electrons. The molecule has 0 atom stereocenters. The van der Waals surface area contributed by atoms with Crippen molar-refractivity contribution in [3.05, 3.63) is 29.3 Å². The molecule has 0 radical (unpaired) electrons. The number of fused-ring (bicyclic) bond motifs is 3. The Balaban J connectivity index is 2.63. The molecule has 0 aromatic carbocycles. The third-order valence-corrected chi connectivity index (χ3v) is 2.06. The van der Waals surface area contributed by atoms with E-state index in [1.165, 1.54) is 0 Å². The lowest BCUT2D eigenvalue weighted by atomic mass is 10.4. The summed E-state index contributed by atoms with van der Waals surface area (Å²) in [5, 5.41) is 1.96. The Labute approximate surface area is 73.8 Å². The summed E-state index contributed by atoms with van der Waals surface area (Å²) in [5.41, 5.74) is 0.852. The molecule has 0 N–H and O–H groups in total. The van der Waals surface area contributed by atoms with Gasteiger partial charge in [0.15, 0.2) is 5.65 Å². The standard InChI is InChI=1S/C9H7N3O/c1-4-13-6-8-7(1)11-9-5-10-2-3-12(8)9/h1-3,5-6H,4H2. The first-order valence-electron chi connectivity index (χ1n) is 4.05. The van der Waals surface area contributed by atoms with E-state index in [1.807, 2.05) is 16.7 Å². The van der Waals surface area contributed by atoms with Crippen LogP contribution in [0.2, 0.25) is 0 Å². The van der Waals surface area contributed by atoms with Gasteiger partial charge in [-0.3, -0.25) is 9.38 Å². The number of imidazole rings is 1. The van der Waals surface area contributed by atoms with Crippen molar-refractivity contribution in [2.75, 3.05) is 6.61 Å². The van der Waals surface area contributed by atoms with Crippen molar-refractivity contribution in [2.24, 2.45) is 0 Å². The van der Waals surface area contributed by atoms with Crippen molar-refractivity contribution in [3.63, 3.8) is 0 Å². The molecule has 13 heavy (non-hydrogen) atoms. The molecule has 3 rings (SSSR count). The van der Waals surface area contributed by atoms with E-state index >= 15 is 0 Å². The SMILES string of the molecule is C1=c2nc3cnccn3c2=COC1. The summed E-state index contributed by atoms with van der Waals surface area (Å²) in [6.45, 7) is 0.601. The number of hydrogen-bond donors (Lipinski definition) is 0. The molecular formula is C9H7N3O. The van der Waals surface area contributed by atoms with E-state index in [1.54, 1.807) is 18.7 Å². The first-order chi connectivity index (χ1) is 6.45. The van der Waals surface area contributed by atoms with Crippen LogP contribution in [0.3, 0.4) is 0 Å². The predicted molar refractivity (Wildman–Crippen MR) is 47.1 cm³/mol. The third-order valence-electron chi connectivity index (χ3n) is 2.06. The highest BCUT2D eigenvalue weighted by atomic mass is 16.5. The Bertz CT molecular complexity index is 570. The Morgan fingerprint density at radius 2 is 2.46 bits per heavy atom. The van der Waals surface area contributed by atoms with Crippen molar-refractivity contribution in [1.82, 2.24) is 14.4 Å². The zero-order valence-electron chi connectivity index (χ0n) is 6.84. The van der Waals surface area contributed by atoms with Gasteiger partial charge >= 0.3 is 0 Å². The molecule has 0 unspecified atom stereocenters. The normalized spacial score (nSPS) is 14.2. The molecular weight excluding hydrogens is 166 g/mol. The molecule has 1 aliphatic rings. The second kappa shape index (κ2) is 2.32. The van der Waals surface area contributed by atoms with Gasteiger partial charge in [-0.15, -0.1) is 0 Å². The molecule has 2 aromatic rings. The minimum Gasteiger partial charge on any atom is -0.495 e. The summed E-state index contributed by atoms with van der Waals surface area (Å²) in [5.74, 6) is 0. The van der Waals surface area contributed by atoms with E-state index in [0.717, 1.165) is 16.3 Å². The van der Waals surface area contributed by atoms with Crippen LogP contribution < -0.4 is 10.7 Å². The second-order valence-corrected chi connectivity index (χ2v) is 2.84. The first-order valence-corrected chi connectivity index (χ1v) is 4.05. The Kier molecular flexibility index (Phi) is 1.19. The van der Waals surface area contributed by atoms with Crippen LogP contribution in [-0.2, 0) is 4.74 Å². The molecule has 0 saturated heterocycles. The van der Waals surface area contributed by atoms with Crippen LogP contribution in [0.25, 0.3) is 18.0 Å². The summed E-state index contributed by atoms with van der Waals surface area (Å²) in [7, 11) is 0. The second-order valence-electron chi connectivity index (χ2n) is 2.84. The smallest absolute Gasteiger partial charge is 0.156 e. The zero-order valence-corrected chi connectivity index (χ0v) is 6.84. The van der Waals surface area contributed by atoms with Gasteiger partial charge in [-0.2, -0.15) is 0 Å². The maximum atomic E-state index is 5.20. The van der Waals surface area contributed by atoms with Crippen molar-refractivity contribution in [1.29, 1.82) is 0 Å². The predicted octanol–water partition coefficient (Wildman–Crippen LogP) is -0.722. The van der Waals surface area contributed by atoms with Crippen molar-refractivity contribution < 1.29 is 4.74 Å². The van der Waals surface area contributed by atoms with E-state index in [-0.39, 0.29) is 0 Å². The molecule has 0 amide bonds. The van der Waals surface area contributed by atoms with Gasteiger partial charge in [-0.1, -0.05) is 0 Å². The topological polar surface area (TPSA) is 39.4 Å². The zero-order chi connectivity index (χ0) is 8.67. The van der Waals surface area contributed by atoms with Gasteiger partial charge in [-0.25, -0.2) is 4.98 Å². The molecule has 2 aromatic heterocycles. The number of rotatable bonds is 0. The number of hydrogen-bond acceptors (Lipinski definition) is 3. The fourth-order valence-electron chi connectivity index (χ4n) is 1.47. The number of aromatic nitrogens is 3. The number of nitrogens with zero attached hydrogens (tertiary/aromatic N) is 3. The maximum absolute atomic E-state index is 5.20. The molecule has 0 fully saturated rings. The molecule has 4 heteroatoms. The van der Waals surface area contributed by atoms with Gasteiger partial charge < -0.3 is 4.74 Å². The summed E-state index contributed by atoms with van der Waals surface area (Å²) >= 11 is 0. The van der Waals surface area contributed by atoms with Crippen LogP contribution >= 0.6 is 0 Å². The average molecular weight is 173 g/mol. The summed E-state index contributed by atoms with van der Waals surface area (Å²) in [6.07, 6.45) is 9.04. The van der Waals surface area contributed by atoms with Gasteiger partial charge in [0.05, 0.1) is 11.5 Å². The maximum Gasteiger partial charge on any atom is 0.156 e. The van der Waals surface area contributed by atoms with Crippen LogP contribution in [-0.4, -0.2) is 21.0 Å². The van der Waals surface area contributed by atoms with Crippen LogP contribution in [0.1, 0.15) is 0 Å². The van der Waals surface area contributed by atoms with Gasteiger partial charge in [0.1, 0.15) is 18.2 Å². The van der Waals surface area contributed by atoms with Crippen LogP contribution in [0.5, 0.6) is 0 Å². The van der Waals surface area contributed by atoms with Gasteiger partial charge in [0.2, 0.25) is 0 Å². The number of ether oxygens (including phenoxy) is 1.